The Morgan fingerprint density at radius 1 is 1.53 bits per heavy atom. The van der Waals surface area contributed by atoms with Crippen LogP contribution in [-0.2, 0) is 4.79 Å². The zero-order valence-electron chi connectivity index (χ0n) is 10.7. The van der Waals surface area contributed by atoms with E-state index in [1.807, 2.05) is 6.92 Å². The summed E-state index contributed by atoms with van der Waals surface area (Å²) in [6, 6.07) is 0. The van der Waals surface area contributed by atoms with Crippen LogP contribution in [-0.4, -0.2) is 54.6 Å². The molecular formula is C11H22F2N2O2. The first kappa shape index (κ1) is 16.2. The van der Waals surface area contributed by atoms with Crippen LogP contribution in [0.1, 0.15) is 26.7 Å². The lowest BCUT2D eigenvalue weighted by Crippen LogP contribution is -2.49. The number of hydrogen-bond acceptors (Lipinski definition) is 3. The number of hydrogen-bond donors (Lipinski definition) is 2. The maximum atomic E-state index is 12.0. The molecule has 0 aromatic rings. The van der Waals surface area contributed by atoms with Gasteiger partial charge in [-0.2, -0.15) is 0 Å². The summed E-state index contributed by atoms with van der Waals surface area (Å²) in [5, 5.41) is 12.0. The third-order valence-electron chi connectivity index (χ3n) is 2.71. The summed E-state index contributed by atoms with van der Waals surface area (Å²) in [6.45, 7) is 4.22. The van der Waals surface area contributed by atoms with Crippen LogP contribution in [0.25, 0.3) is 0 Å². The number of nitrogens with one attached hydrogen (secondary N) is 1. The minimum absolute atomic E-state index is 0.273. The van der Waals surface area contributed by atoms with Gasteiger partial charge >= 0.3 is 5.97 Å². The fourth-order valence-corrected chi connectivity index (χ4v) is 1.69. The van der Waals surface area contributed by atoms with Gasteiger partial charge in [-0.3, -0.25) is 4.79 Å². The molecule has 1 atom stereocenters. The van der Waals surface area contributed by atoms with Gasteiger partial charge in [-0.1, -0.05) is 6.92 Å². The second-order valence-electron chi connectivity index (χ2n) is 4.42. The van der Waals surface area contributed by atoms with E-state index in [2.05, 4.69) is 5.32 Å². The summed E-state index contributed by atoms with van der Waals surface area (Å²) in [7, 11) is 1.61. The molecule has 0 fully saturated rings. The third kappa shape index (κ3) is 6.53. The quantitative estimate of drug-likeness (QED) is 0.651. The molecule has 0 amide bonds. The predicted molar refractivity (Wildman–Crippen MR) is 62.5 cm³/mol. The molecule has 17 heavy (non-hydrogen) atoms. The smallest absolute Gasteiger partial charge is 0.323 e. The number of rotatable bonds is 9. The largest absolute Gasteiger partial charge is 0.480 e. The summed E-state index contributed by atoms with van der Waals surface area (Å²) in [4.78, 5) is 12.6. The van der Waals surface area contributed by atoms with E-state index in [-0.39, 0.29) is 6.54 Å². The number of likely N-dealkylation sites (N-methyl/N-ethyl adjacent to an activating group) is 1. The number of aliphatic carboxylic acids is 1. The molecule has 0 aliphatic rings. The SMILES string of the molecule is CCNC(C)(CCCN(C)CC(F)F)C(=O)O. The molecule has 0 aromatic carbocycles. The normalized spacial score (nSPS) is 15.2. The van der Waals surface area contributed by atoms with Crippen molar-refractivity contribution in [3.05, 3.63) is 0 Å². The topological polar surface area (TPSA) is 52.6 Å². The summed E-state index contributed by atoms with van der Waals surface area (Å²) in [5.41, 5.74) is -0.972. The number of carboxylic acids is 1. The van der Waals surface area contributed by atoms with Crippen molar-refractivity contribution in [2.24, 2.45) is 0 Å². The van der Waals surface area contributed by atoms with Crippen molar-refractivity contribution >= 4 is 5.97 Å². The summed E-state index contributed by atoms with van der Waals surface area (Å²) >= 11 is 0. The van der Waals surface area contributed by atoms with E-state index >= 15 is 0 Å². The zero-order chi connectivity index (χ0) is 13.5. The number of nitrogens with zero attached hydrogens (tertiary/aromatic N) is 1. The van der Waals surface area contributed by atoms with E-state index in [1.54, 1.807) is 14.0 Å². The zero-order valence-corrected chi connectivity index (χ0v) is 10.7. The van der Waals surface area contributed by atoms with Gasteiger partial charge < -0.3 is 15.3 Å². The molecule has 2 N–H and O–H groups in total. The van der Waals surface area contributed by atoms with Crippen molar-refractivity contribution in [3.63, 3.8) is 0 Å². The predicted octanol–water partition coefficient (Wildman–Crippen LogP) is 1.42. The lowest BCUT2D eigenvalue weighted by molar-refractivity contribution is -0.144. The van der Waals surface area contributed by atoms with E-state index in [0.717, 1.165) is 0 Å². The van der Waals surface area contributed by atoms with Gasteiger partial charge in [0.15, 0.2) is 0 Å². The van der Waals surface area contributed by atoms with Crippen LogP contribution in [0.4, 0.5) is 8.78 Å². The third-order valence-corrected chi connectivity index (χ3v) is 2.71. The van der Waals surface area contributed by atoms with E-state index in [0.29, 0.717) is 25.9 Å². The Labute approximate surface area is 101 Å². The molecule has 0 rings (SSSR count). The monoisotopic (exact) mass is 252 g/mol. The molecule has 0 aliphatic carbocycles. The van der Waals surface area contributed by atoms with Gasteiger partial charge in [0.2, 0.25) is 0 Å². The molecule has 102 valence electrons. The second kappa shape index (κ2) is 7.55. The van der Waals surface area contributed by atoms with Crippen molar-refractivity contribution in [2.75, 3.05) is 26.7 Å². The van der Waals surface area contributed by atoms with Crippen LogP contribution >= 0.6 is 0 Å². The van der Waals surface area contributed by atoms with E-state index < -0.39 is 17.9 Å². The maximum Gasteiger partial charge on any atom is 0.323 e. The highest BCUT2D eigenvalue weighted by atomic mass is 19.3. The lowest BCUT2D eigenvalue weighted by Gasteiger charge is -2.26. The summed E-state index contributed by atoms with van der Waals surface area (Å²) in [6.07, 6.45) is -1.36. The van der Waals surface area contributed by atoms with Crippen molar-refractivity contribution in [1.29, 1.82) is 0 Å². The van der Waals surface area contributed by atoms with Crippen molar-refractivity contribution in [3.8, 4) is 0 Å². The molecule has 0 aromatic heterocycles. The Morgan fingerprint density at radius 3 is 2.53 bits per heavy atom. The van der Waals surface area contributed by atoms with Crippen LogP contribution < -0.4 is 5.32 Å². The van der Waals surface area contributed by atoms with Gasteiger partial charge in [0.25, 0.3) is 6.43 Å². The average molecular weight is 252 g/mol. The van der Waals surface area contributed by atoms with Gasteiger partial charge in [0.1, 0.15) is 5.54 Å². The first-order chi connectivity index (χ1) is 7.81. The summed E-state index contributed by atoms with van der Waals surface area (Å²) < 4.78 is 24.1. The van der Waals surface area contributed by atoms with Gasteiger partial charge in [-0.25, -0.2) is 8.78 Å². The Bertz CT molecular complexity index is 240. The highest BCUT2D eigenvalue weighted by Crippen LogP contribution is 2.13. The minimum atomic E-state index is -2.35. The first-order valence-electron chi connectivity index (χ1n) is 5.77. The van der Waals surface area contributed by atoms with Gasteiger partial charge in [-0.15, -0.1) is 0 Å². The molecule has 6 heteroatoms. The number of carbonyl (C=O) groups is 1. The van der Waals surface area contributed by atoms with Crippen molar-refractivity contribution < 1.29 is 18.7 Å². The fourth-order valence-electron chi connectivity index (χ4n) is 1.69. The molecule has 0 saturated heterocycles. The van der Waals surface area contributed by atoms with E-state index in [1.165, 1.54) is 4.90 Å². The molecule has 0 spiro atoms. The number of alkyl halides is 2. The Hall–Kier alpha value is -0.750. The van der Waals surface area contributed by atoms with Crippen LogP contribution in [0.3, 0.4) is 0 Å². The standard InChI is InChI=1S/C11H22F2N2O2/c1-4-14-11(2,10(16)17)6-5-7-15(3)8-9(12)13/h9,14H,4-8H2,1-3H3,(H,16,17). The molecule has 0 radical (unpaired) electrons. The van der Waals surface area contributed by atoms with E-state index in [4.69, 9.17) is 5.11 Å². The highest BCUT2D eigenvalue weighted by Gasteiger charge is 2.31. The average Bonchev–Trinajstić information content (AvgIpc) is 2.16. The molecule has 1 unspecified atom stereocenters. The molecule has 0 saturated carbocycles. The minimum Gasteiger partial charge on any atom is -0.480 e. The Kier molecular flexibility index (Phi) is 7.22. The van der Waals surface area contributed by atoms with E-state index in [9.17, 15) is 13.6 Å². The molecule has 0 aliphatic heterocycles. The van der Waals surface area contributed by atoms with Crippen LogP contribution in [0.5, 0.6) is 0 Å². The molecular weight excluding hydrogens is 230 g/mol. The Balaban J connectivity index is 4.02. The number of carboxylic acid groups (broad SMARTS) is 1. The second-order valence-corrected chi connectivity index (χ2v) is 4.42. The summed E-state index contributed by atoms with van der Waals surface area (Å²) in [5.74, 6) is -0.907. The molecule has 0 heterocycles. The van der Waals surface area contributed by atoms with Gasteiger partial charge in [0.05, 0.1) is 6.54 Å². The molecule has 4 nitrogen and oxygen atoms in total. The van der Waals surface area contributed by atoms with Crippen LogP contribution in [0.2, 0.25) is 0 Å². The fraction of sp³-hybridized carbons (Fsp3) is 0.909. The van der Waals surface area contributed by atoms with Gasteiger partial charge in [-0.05, 0) is 39.9 Å². The Morgan fingerprint density at radius 2 is 2.12 bits per heavy atom. The lowest BCUT2D eigenvalue weighted by atomic mass is 9.96. The van der Waals surface area contributed by atoms with Crippen molar-refractivity contribution in [2.45, 2.75) is 38.7 Å². The highest BCUT2D eigenvalue weighted by molar-refractivity contribution is 5.78. The van der Waals surface area contributed by atoms with Crippen LogP contribution in [0, 0.1) is 0 Å². The van der Waals surface area contributed by atoms with Gasteiger partial charge in [0, 0.05) is 0 Å². The van der Waals surface area contributed by atoms with Crippen LogP contribution in [0.15, 0.2) is 0 Å². The first-order valence-corrected chi connectivity index (χ1v) is 5.77. The van der Waals surface area contributed by atoms with Crippen molar-refractivity contribution in [1.82, 2.24) is 10.2 Å². The number of halogens is 2. The molecule has 0 bridgehead atoms. The maximum absolute atomic E-state index is 12.0.